The van der Waals surface area contributed by atoms with Crippen molar-refractivity contribution in [1.29, 1.82) is 0 Å². The van der Waals surface area contributed by atoms with Crippen LogP contribution in [-0.4, -0.2) is 29.0 Å². The van der Waals surface area contributed by atoms with E-state index in [9.17, 15) is 8.42 Å². The third-order valence-electron chi connectivity index (χ3n) is 3.93. The summed E-state index contributed by atoms with van der Waals surface area (Å²) in [6.45, 7) is 0.566. The largest absolute Gasteiger partial charge is 0.274 e. The maximum absolute atomic E-state index is 12.9. The molecule has 2 aromatic rings. The quantitative estimate of drug-likeness (QED) is 0.874. The van der Waals surface area contributed by atoms with Crippen molar-refractivity contribution >= 4 is 10.0 Å². The van der Waals surface area contributed by atoms with E-state index >= 15 is 0 Å². The molecular weight excluding hydrogens is 286 g/mol. The van der Waals surface area contributed by atoms with E-state index in [0.29, 0.717) is 6.54 Å². The van der Waals surface area contributed by atoms with Crippen molar-refractivity contribution in [3.63, 3.8) is 0 Å². The number of aromatic nitrogens is 2. The summed E-state index contributed by atoms with van der Waals surface area (Å²) in [6, 6.07) is 9.79. The van der Waals surface area contributed by atoms with Crippen molar-refractivity contribution in [3.8, 4) is 0 Å². The standard InChI is InChI=1S/C15H19N3O2S/c1-17-12-14(11-16-17)21(19,20)18-10-6-5-9-15(18)13-7-3-2-4-8-13/h2-4,7-8,11-12,15H,5-6,9-10H2,1H3. The minimum absolute atomic E-state index is 0.0786. The summed E-state index contributed by atoms with van der Waals surface area (Å²) in [5.74, 6) is 0. The predicted octanol–water partition coefficient (Wildman–Crippen LogP) is 2.34. The molecule has 5 nitrogen and oxygen atoms in total. The van der Waals surface area contributed by atoms with Crippen LogP contribution in [0.2, 0.25) is 0 Å². The fraction of sp³-hybridized carbons (Fsp3) is 0.400. The molecule has 1 saturated heterocycles. The van der Waals surface area contributed by atoms with Crippen molar-refractivity contribution in [1.82, 2.24) is 14.1 Å². The second-order valence-corrected chi connectivity index (χ2v) is 7.28. The van der Waals surface area contributed by atoms with Crippen LogP contribution < -0.4 is 0 Å². The summed E-state index contributed by atoms with van der Waals surface area (Å²) in [4.78, 5) is 0.271. The number of sulfonamides is 1. The van der Waals surface area contributed by atoms with E-state index in [1.807, 2.05) is 30.3 Å². The number of hydrogen-bond acceptors (Lipinski definition) is 3. The molecule has 112 valence electrons. The van der Waals surface area contributed by atoms with Gasteiger partial charge in [0, 0.05) is 19.8 Å². The highest BCUT2D eigenvalue weighted by molar-refractivity contribution is 7.89. The van der Waals surface area contributed by atoms with Crippen LogP contribution in [0, 0.1) is 0 Å². The number of hydrogen-bond donors (Lipinski definition) is 0. The molecule has 1 unspecified atom stereocenters. The Bertz CT molecular complexity index is 710. The minimum atomic E-state index is -3.49. The van der Waals surface area contributed by atoms with E-state index in [4.69, 9.17) is 0 Å². The molecular formula is C15H19N3O2S. The SMILES string of the molecule is Cn1cc(S(=O)(=O)N2CCCCC2c2ccccc2)cn1. The molecule has 0 N–H and O–H groups in total. The molecule has 0 saturated carbocycles. The molecule has 1 aliphatic rings. The Balaban J connectivity index is 1.98. The third-order valence-corrected chi connectivity index (χ3v) is 5.79. The molecule has 0 bridgehead atoms. The lowest BCUT2D eigenvalue weighted by molar-refractivity contribution is 0.256. The van der Waals surface area contributed by atoms with E-state index in [1.165, 1.54) is 10.9 Å². The summed E-state index contributed by atoms with van der Waals surface area (Å²) in [5.41, 5.74) is 1.06. The van der Waals surface area contributed by atoms with Gasteiger partial charge in [0.15, 0.2) is 0 Å². The fourth-order valence-electron chi connectivity index (χ4n) is 2.87. The van der Waals surface area contributed by atoms with Gasteiger partial charge in [0.05, 0.1) is 12.2 Å². The van der Waals surface area contributed by atoms with Crippen LogP contribution in [0.4, 0.5) is 0 Å². The van der Waals surface area contributed by atoms with E-state index in [2.05, 4.69) is 5.10 Å². The van der Waals surface area contributed by atoms with Crippen molar-refractivity contribution in [2.45, 2.75) is 30.2 Å². The number of piperidine rings is 1. The Hall–Kier alpha value is -1.66. The van der Waals surface area contributed by atoms with Gasteiger partial charge in [-0.2, -0.15) is 9.40 Å². The van der Waals surface area contributed by atoms with Crippen molar-refractivity contribution in [2.75, 3.05) is 6.54 Å². The van der Waals surface area contributed by atoms with E-state index in [1.54, 1.807) is 17.5 Å². The van der Waals surface area contributed by atoms with Gasteiger partial charge in [-0.15, -0.1) is 0 Å². The van der Waals surface area contributed by atoms with Gasteiger partial charge in [0.1, 0.15) is 4.90 Å². The Morgan fingerprint density at radius 1 is 1.19 bits per heavy atom. The Kier molecular flexibility index (Phi) is 3.82. The maximum Gasteiger partial charge on any atom is 0.246 e. The van der Waals surface area contributed by atoms with Crippen molar-refractivity contribution in [3.05, 3.63) is 48.3 Å². The van der Waals surface area contributed by atoms with Gasteiger partial charge in [-0.25, -0.2) is 8.42 Å². The summed E-state index contributed by atoms with van der Waals surface area (Å²) in [6.07, 6.45) is 5.81. The molecule has 1 aliphatic heterocycles. The highest BCUT2D eigenvalue weighted by Gasteiger charge is 2.34. The smallest absolute Gasteiger partial charge is 0.246 e. The number of nitrogens with zero attached hydrogens (tertiary/aromatic N) is 3. The van der Waals surface area contributed by atoms with Crippen LogP contribution in [0.25, 0.3) is 0 Å². The zero-order chi connectivity index (χ0) is 14.9. The second kappa shape index (κ2) is 5.61. The molecule has 6 heteroatoms. The summed E-state index contributed by atoms with van der Waals surface area (Å²) < 4.78 is 28.9. The lowest BCUT2D eigenvalue weighted by Gasteiger charge is -2.34. The highest BCUT2D eigenvalue weighted by Crippen LogP contribution is 2.35. The first-order valence-electron chi connectivity index (χ1n) is 7.14. The molecule has 2 heterocycles. The molecule has 0 amide bonds. The summed E-state index contributed by atoms with van der Waals surface area (Å²) in [5, 5.41) is 3.99. The van der Waals surface area contributed by atoms with Crippen molar-refractivity contribution in [2.24, 2.45) is 7.05 Å². The van der Waals surface area contributed by atoms with E-state index < -0.39 is 10.0 Å². The average Bonchev–Trinajstić information content (AvgIpc) is 2.95. The summed E-state index contributed by atoms with van der Waals surface area (Å²) >= 11 is 0. The molecule has 0 radical (unpaired) electrons. The van der Waals surface area contributed by atoms with Crippen LogP contribution in [-0.2, 0) is 17.1 Å². The van der Waals surface area contributed by atoms with Crippen LogP contribution >= 0.6 is 0 Å². The lowest BCUT2D eigenvalue weighted by Crippen LogP contribution is -2.38. The van der Waals surface area contributed by atoms with Gasteiger partial charge in [-0.05, 0) is 18.4 Å². The van der Waals surface area contributed by atoms with Crippen LogP contribution in [0.1, 0.15) is 30.9 Å². The first-order chi connectivity index (χ1) is 10.1. The molecule has 21 heavy (non-hydrogen) atoms. The Labute approximate surface area is 125 Å². The Morgan fingerprint density at radius 3 is 2.62 bits per heavy atom. The molecule has 1 aromatic carbocycles. The van der Waals surface area contributed by atoms with Gasteiger partial charge in [-0.1, -0.05) is 36.8 Å². The fourth-order valence-corrected chi connectivity index (χ4v) is 4.54. The Morgan fingerprint density at radius 2 is 1.95 bits per heavy atom. The normalized spacial score (nSPS) is 20.5. The first-order valence-corrected chi connectivity index (χ1v) is 8.58. The van der Waals surface area contributed by atoms with E-state index in [0.717, 1.165) is 24.8 Å². The van der Waals surface area contributed by atoms with Gasteiger partial charge in [0.2, 0.25) is 10.0 Å². The second-order valence-electron chi connectivity index (χ2n) is 5.39. The first kappa shape index (κ1) is 14.3. The number of rotatable bonds is 3. The van der Waals surface area contributed by atoms with Crippen LogP contribution in [0.15, 0.2) is 47.6 Å². The van der Waals surface area contributed by atoms with Gasteiger partial charge in [0.25, 0.3) is 0 Å². The third kappa shape index (κ3) is 2.73. The lowest BCUT2D eigenvalue weighted by atomic mass is 9.98. The highest BCUT2D eigenvalue weighted by atomic mass is 32.2. The molecule has 1 atom stereocenters. The molecule has 1 fully saturated rings. The number of benzene rings is 1. The van der Waals surface area contributed by atoms with Crippen LogP contribution in [0.3, 0.4) is 0 Å². The zero-order valence-corrected chi connectivity index (χ0v) is 12.8. The van der Waals surface area contributed by atoms with Gasteiger partial charge >= 0.3 is 0 Å². The molecule has 3 rings (SSSR count). The summed E-state index contributed by atoms with van der Waals surface area (Å²) in [7, 11) is -1.76. The van der Waals surface area contributed by atoms with Gasteiger partial charge in [-0.3, -0.25) is 4.68 Å². The number of aryl methyl sites for hydroxylation is 1. The molecule has 0 aliphatic carbocycles. The minimum Gasteiger partial charge on any atom is -0.274 e. The monoisotopic (exact) mass is 305 g/mol. The van der Waals surface area contributed by atoms with Crippen LogP contribution in [0.5, 0.6) is 0 Å². The van der Waals surface area contributed by atoms with Crippen molar-refractivity contribution < 1.29 is 8.42 Å². The van der Waals surface area contributed by atoms with E-state index in [-0.39, 0.29) is 10.9 Å². The molecule has 1 aromatic heterocycles. The predicted molar refractivity (Wildman–Crippen MR) is 80.1 cm³/mol. The average molecular weight is 305 g/mol. The molecule has 0 spiro atoms. The van der Waals surface area contributed by atoms with Gasteiger partial charge < -0.3 is 0 Å². The zero-order valence-electron chi connectivity index (χ0n) is 12.0. The maximum atomic E-state index is 12.9. The topological polar surface area (TPSA) is 55.2 Å².